The minimum Gasteiger partial charge on any atom is -0.507 e. The lowest BCUT2D eigenvalue weighted by atomic mass is 10.0. The highest BCUT2D eigenvalue weighted by atomic mass is 16.6. The number of nitrogens with one attached hydrogen (secondary N) is 1. The number of benzene rings is 1. The van der Waals surface area contributed by atoms with Crippen LogP contribution in [0.4, 0.5) is 0 Å². The van der Waals surface area contributed by atoms with Gasteiger partial charge in [-0.2, -0.15) is 5.10 Å². The molecule has 7 heteroatoms. The van der Waals surface area contributed by atoms with Gasteiger partial charge in [-0.1, -0.05) is 12.1 Å². The zero-order valence-electron chi connectivity index (χ0n) is 7.95. The number of phenols is 1. The van der Waals surface area contributed by atoms with Gasteiger partial charge in [0.05, 0.1) is 0 Å². The molecule has 1 aromatic rings. The second kappa shape index (κ2) is 3.61. The van der Waals surface area contributed by atoms with Crippen molar-refractivity contribution < 1.29 is 14.8 Å². The van der Waals surface area contributed by atoms with E-state index in [9.17, 15) is 20.0 Å². The highest BCUT2D eigenvalue weighted by molar-refractivity contribution is 6.19. The first-order valence-corrected chi connectivity index (χ1v) is 4.40. The molecule has 7 nitrogen and oxygen atoms in total. The first-order valence-electron chi connectivity index (χ1n) is 4.40. The maximum Gasteiger partial charge on any atom is 0.335 e. The lowest BCUT2D eigenvalue weighted by molar-refractivity contribution is -0.488. The van der Waals surface area contributed by atoms with Crippen molar-refractivity contribution in [3.63, 3.8) is 0 Å². The molecule has 0 fully saturated rings. The largest absolute Gasteiger partial charge is 0.507 e. The van der Waals surface area contributed by atoms with Crippen LogP contribution in [0.1, 0.15) is 5.56 Å². The number of aromatic hydroxyl groups is 1. The van der Waals surface area contributed by atoms with Gasteiger partial charge in [-0.25, -0.2) is 5.43 Å². The van der Waals surface area contributed by atoms with Gasteiger partial charge < -0.3 is 5.11 Å². The van der Waals surface area contributed by atoms with Gasteiger partial charge in [0.2, 0.25) is 0 Å². The maximum absolute atomic E-state index is 11.2. The number of phenolic OH excluding ortho intramolecular Hbond substituents is 1. The Morgan fingerprint density at radius 1 is 1.44 bits per heavy atom. The molecule has 0 radical (unpaired) electrons. The van der Waals surface area contributed by atoms with Crippen LogP contribution in [0.5, 0.6) is 5.75 Å². The van der Waals surface area contributed by atoms with Gasteiger partial charge in [0.25, 0.3) is 0 Å². The number of nitro groups is 1. The third-order valence-corrected chi connectivity index (χ3v) is 2.18. The molecule has 1 heterocycles. The smallest absolute Gasteiger partial charge is 0.335 e. The Morgan fingerprint density at radius 2 is 2.12 bits per heavy atom. The van der Waals surface area contributed by atoms with Crippen molar-refractivity contribution in [1.29, 1.82) is 0 Å². The van der Waals surface area contributed by atoms with E-state index in [4.69, 9.17) is 0 Å². The Hall–Kier alpha value is -2.44. The standard InChI is InChI=1S/C9H7N3O4/c13-6-4-2-1-3-5(6)7-8(12(15)16)9(14)11-10-7/h1-4,8,13H,(H,11,14). The van der Waals surface area contributed by atoms with E-state index < -0.39 is 16.9 Å². The van der Waals surface area contributed by atoms with E-state index in [1.807, 2.05) is 5.43 Å². The molecular weight excluding hydrogens is 214 g/mol. The average Bonchev–Trinajstić information content (AvgIpc) is 2.61. The van der Waals surface area contributed by atoms with Gasteiger partial charge in [-0.3, -0.25) is 14.9 Å². The molecule has 1 unspecified atom stereocenters. The van der Waals surface area contributed by atoms with Crippen molar-refractivity contribution in [2.45, 2.75) is 6.04 Å². The second-order valence-corrected chi connectivity index (χ2v) is 3.18. The first kappa shape index (κ1) is 10.1. The molecule has 2 rings (SSSR count). The van der Waals surface area contributed by atoms with Crippen LogP contribution in [0.2, 0.25) is 0 Å². The fourth-order valence-corrected chi connectivity index (χ4v) is 1.46. The molecule has 1 aliphatic rings. The SMILES string of the molecule is O=C1NN=C(c2ccccc2O)C1[N+](=O)[O-]. The molecular formula is C9H7N3O4. The maximum atomic E-state index is 11.2. The van der Waals surface area contributed by atoms with Crippen LogP contribution in [0.3, 0.4) is 0 Å². The number of hydrogen-bond donors (Lipinski definition) is 2. The fourth-order valence-electron chi connectivity index (χ4n) is 1.46. The van der Waals surface area contributed by atoms with Crippen LogP contribution in [-0.2, 0) is 4.79 Å². The summed E-state index contributed by atoms with van der Waals surface area (Å²) in [6, 6.07) is 4.44. The van der Waals surface area contributed by atoms with Crippen LogP contribution in [-0.4, -0.2) is 27.7 Å². The molecule has 82 valence electrons. The Balaban J connectivity index is 2.46. The molecule has 0 saturated heterocycles. The summed E-state index contributed by atoms with van der Waals surface area (Å²) in [5, 5.41) is 23.8. The highest BCUT2D eigenvalue weighted by Gasteiger charge is 2.42. The molecule has 0 aromatic heterocycles. The Kier molecular flexibility index (Phi) is 2.28. The molecule has 0 spiro atoms. The minimum absolute atomic E-state index is 0.0758. The van der Waals surface area contributed by atoms with Crippen molar-refractivity contribution in [3.8, 4) is 5.75 Å². The van der Waals surface area contributed by atoms with Crippen LogP contribution in [0.15, 0.2) is 29.4 Å². The van der Waals surface area contributed by atoms with E-state index >= 15 is 0 Å². The third kappa shape index (κ3) is 1.48. The molecule has 1 atom stereocenters. The van der Waals surface area contributed by atoms with Gasteiger partial charge in [0.15, 0.2) is 5.71 Å². The molecule has 1 amide bonds. The third-order valence-electron chi connectivity index (χ3n) is 2.18. The summed E-state index contributed by atoms with van der Waals surface area (Å²) in [6.45, 7) is 0. The van der Waals surface area contributed by atoms with Crippen LogP contribution in [0, 0.1) is 10.1 Å². The molecule has 0 aliphatic carbocycles. The summed E-state index contributed by atoms with van der Waals surface area (Å²) < 4.78 is 0. The minimum atomic E-state index is -1.56. The monoisotopic (exact) mass is 221 g/mol. The Morgan fingerprint density at radius 3 is 2.75 bits per heavy atom. The van der Waals surface area contributed by atoms with Crippen molar-refractivity contribution in [1.82, 2.24) is 5.43 Å². The van der Waals surface area contributed by atoms with Gasteiger partial charge in [0, 0.05) is 10.5 Å². The summed E-state index contributed by atoms with van der Waals surface area (Å²) in [5.74, 6) is -0.951. The zero-order valence-corrected chi connectivity index (χ0v) is 7.95. The quantitative estimate of drug-likeness (QED) is 0.536. The highest BCUT2D eigenvalue weighted by Crippen LogP contribution is 2.20. The Labute approximate surface area is 89.5 Å². The molecule has 1 aliphatic heterocycles. The summed E-state index contributed by atoms with van der Waals surface area (Å²) in [6.07, 6.45) is 0. The van der Waals surface area contributed by atoms with E-state index in [-0.39, 0.29) is 17.0 Å². The zero-order chi connectivity index (χ0) is 11.7. The van der Waals surface area contributed by atoms with Crippen LogP contribution < -0.4 is 5.43 Å². The Bertz CT molecular complexity index is 497. The predicted octanol–water partition coefficient (Wildman–Crippen LogP) is -0.129. The topological polar surface area (TPSA) is 105 Å². The van der Waals surface area contributed by atoms with Crippen molar-refractivity contribution in [3.05, 3.63) is 39.9 Å². The predicted molar refractivity (Wildman–Crippen MR) is 53.6 cm³/mol. The van der Waals surface area contributed by atoms with Crippen molar-refractivity contribution in [2.24, 2.45) is 5.10 Å². The van der Waals surface area contributed by atoms with Crippen LogP contribution in [0.25, 0.3) is 0 Å². The van der Waals surface area contributed by atoms with E-state index in [0.29, 0.717) is 0 Å². The summed E-state index contributed by atoms with van der Waals surface area (Å²) in [5.41, 5.74) is 2.13. The van der Waals surface area contributed by atoms with Crippen molar-refractivity contribution >= 4 is 11.6 Å². The number of amides is 1. The average molecular weight is 221 g/mol. The lowest BCUT2D eigenvalue weighted by Crippen LogP contribution is -2.36. The van der Waals surface area contributed by atoms with Gasteiger partial charge in [0.1, 0.15) is 5.75 Å². The molecule has 16 heavy (non-hydrogen) atoms. The van der Waals surface area contributed by atoms with Gasteiger partial charge >= 0.3 is 11.9 Å². The lowest BCUT2D eigenvalue weighted by Gasteiger charge is -2.04. The van der Waals surface area contributed by atoms with E-state index in [1.54, 1.807) is 12.1 Å². The van der Waals surface area contributed by atoms with E-state index in [2.05, 4.69) is 5.10 Å². The first-order chi connectivity index (χ1) is 7.61. The van der Waals surface area contributed by atoms with Gasteiger partial charge in [-0.15, -0.1) is 0 Å². The number of rotatable bonds is 2. The molecule has 2 N–H and O–H groups in total. The number of nitrogens with zero attached hydrogens (tertiary/aromatic N) is 2. The molecule has 0 bridgehead atoms. The number of hydrogen-bond acceptors (Lipinski definition) is 5. The van der Waals surface area contributed by atoms with Crippen molar-refractivity contribution in [2.75, 3.05) is 0 Å². The summed E-state index contributed by atoms with van der Waals surface area (Å²) in [7, 11) is 0. The summed E-state index contributed by atoms with van der Waals surface area (Å²) in [4.78, 5) is 21.1. The number of carbonyl (C=O) groups is 1. The molecule has 0 saturated carbocycles. The number of hydrazone groups is 1. The number of carbonyl (C=O) groups excluding carboxylic acids is 1. The van der Waals surface area contributed by atoms with Gasteiger partial charge in [-0.05, 0) is 12.1 Å². The van der Waals surface area contributed by atoms with Crippen LogP contribution >= 0.6 is 0 Å². The second-order valence-electron chi connectivity index (χ2n) is 3.18. The molecule has 1 aromatic carbocycles. The van der Waals surface area contributed by atoms with E-state index in [0.717, 1.165) is 0 Å². The normalized spacial score (nSPS) is 19.1. The summed E-state index contributed by atoms with van der Waals surface area (Å²) >= 11 is 0. The van der Waals surface area contributed by atoms with E-state index in [1.165, 1.54) is 12.1 Å². The fraction of sp³-hybridized carbons (Fsp3) is 0.111. The number of para-hydroxylation sites is 1.